The molecule has 0 radical (unpaired) electrons. The number of aromatic nitrogens is 2. The molecule has 0 aliphatic carbocycles. The van der Waals surface area contributed by atoms with Crippen LogP contribution >= 0.6 is 11.8 Å². The quantitative estimate of drug-likeness (QED) is 0.667. The monoisotopic (exact) mass is 247 g/mol. The van der Waals surface area contributed by atoms with Gasteiger partial charge in [0.1, 0.15) is 0 Å². The van der Waals surface area contributed by atoms with Crippen LogP contribution < -0.4 is 5.73 Å². The Kier molecular flexibility index (Phi) is 3.74. The third kappa shape index (κ3) is 2.82. The Bertz CT molecular complexity index is 505. The molecule has 90 valence electrons. The molecule has 1 aromatic carbocycles. The van der Waals surface area contributed by atoms with Crippen LogP contribution in [0.4, 0.5) is 5.69 Å². The molecular weight excluding hydrogens is 230 g/mol. The summed E-state index contributed by atoms with van der Waals surface area (Å²) in [4.78, 5) is 5.41. The maximum absolute atomic E-state index is 5.80. The molecule has 3 nitrogen and oxygen atoms in total. The van der Waals surface area contributed by atoms with Gasteiger partial charge in [0, 0.05) is 34.8 Å². The van der Waals surface area contributed by atoms with Gasteiger partial charge in [-0.15, -0.1) is 11.8 Å². The first kappa shape index (κ1) is 12.0. The summed E-state index contributed by atoms with van der Waals surface area (Å²) in [7, 11) is 0. The van der Waals surface area contributed by atoms with Gasteiger partial charge in [0.2, 0.25) is 0 Å². The fourth-order valence-corrected chi connectivity index (χ4v) is 2.74. The van der Waals surface area contributed by atoms with Crippen LogP contribution in [-0.4, -0.2) is 9.55 Å². The van der Waals surface area contributed by atoms with Crippen molar-refractivity contribution in [3.63, 3.8) is 0 Å². The molecule has 0 aliphatic rings. The van der Waals surface area contributed by atoms with E-state index in [1.807, 2.05) is 36.4 Å². The highest BCUT2D eigenvalue weighted by Gasteiger charge is 2.04. The summed E-state index contributed by atoms with van der Waals surface area (Å²) in [6, 6.07) is 6.04. The summed E-state index contributed by atoms with van der Waals surface area (Å²) in [6.07, 6.45) is 3.81. The van der Waals surface area contributed by atoms with Gasteiger partial charge < -0.3 is 10.3 Å². The van der Waals surface area contributed by atoms with Gasteiger partial charge >= 0.3 is 0 Å². The lowest BCUT2D eigenvalue weighted by atomic mass is 10.2. The number of anilines is 1. The molecule has 0 spiro atoms. The van der Waals surface area contributed by atoms with E-state index < -0.39 is 0 Å². The molecule has 2 aromatic rings. The van der Waals surface area contributed by atoms with Gasteiger partial charge in [-0.05, 0) is 31.5 Å². The van der Waals surface area contributed by atoms with Crippen molar-refractivity contribution in [3.8, 4) is 0 Å². The number of hydrogen-bond acceptors (Lipinski definition) is 3. The molecule has 0 bridgehead atoms. The minimum Gasteiger partial charge on any atom is -0.399 e. The molecule has 0 unspecified atom stereocenters. The zero-order valence-corrected chi connectivity index (χ0v) is 11.0. The second kappa shape index (κ2) is 5.27. The molecule has 4 heteroatoms. The van der Waals surface area contributed by atoms with Crippen LogP contribution in [0.25, 0.3) is 0 Å². The molecule has 1 aromatic heterocycles. The highest BCUT2D eigenvalue weighted by molar-refractivity contribution is 7.98. The largest absolute Gasteiger partial charge is 0.399 e. The first-order valence-electron chi connectivity index (χ1n) is 5.68. The van der Waals surface area contributed by atoms with E-state index in [-0.39, 0.29) is 0 Å². The van der Waals surface area contributed by atoms with E-state index in [0.29, 0.717) is 0 Å². The Morgan fingerprint density at radius 1 is 1.41 bits per heavy atom. The van der Waals surface area contributed by atoms with Gasteiger partial charge in [-0.1, -0.05) is 6.07 Å². The number of imidazole rings is 1. The molecule has 2 rings (SSSR count). The normalized spacial score (nSPS) is 10.7. The van der Waals surface area contributed by atoms with Crippen molar-refractivity contribution in [1.82, 2.24) is 9.55 Å². The first-order chi connectivity index (χ1) is 8.20. The topological polar surface area (TPSA) is 43.8 Å². The Labute approximate surface area is 106 Å². The van der Waals surface area contributed by atoms with E-state index in [0.717, 1.165) is 18.0 Å². The standard InChI is InChI=1S/C13H17N3S/c1-3-16-9-15-7-12(16)8-17-13-6-11(14)5-4-10(13)2/h4-7,9H,3,8,14H2,1-2H3. The number of nitrogens with zero attached hydrogens (tertiary/aromatic N) is 2. The molecule has 0 saturated heterocycles. The SMILES string of the molecule is CCn1cncc1CSc1cc(N)ccc1C. The smallest absolute Gasteiger partial charge is 0.0948 e. The highest BCUT2D eigenvalue weighted by atomic mass is 32.2. The maximum Gasteiger partial charge on any atom is 0.0948 e. The van der Waals surface area contributed by atoms with Crippen LogP contribution in [0.15, 0.2) is 35.6 Å². The van der Waals surface area contributed by atoms with Crippen molar-refractivity contribution in [1.29, 1.82) is 0 Å². The molecule has 17 heavy (non-hydrogen) atoms. The second-order valence-corrected chi connectivity index (χ2v) is 5.00. The number of rotatable bonds is 4. The average molecular weight is 247 g/mol. The van der Waals surface area contributed by atoms with Crippen molar-refractivity contribution in [3.05, 3.63) is 42.0 Å². The van der Waals surface area contributed by atoms with Gasteiger partial charge in [-0.3, -0.25) is 0 Å². The van der Waals surface area contributed by atoms with Gasteiger partial charge in [-0.2, -0.15) is 0 Å². The zero-order valence-electron chi connectivity index (χ0n) is 10.2. The Morgan fingerprint density at radius 3 is 3.00 bits per heavy atom. The third-order valence-electron chi connectivity index (χ3n) is 2.73. The van der Waals surface area contributed by atoms with E-state index in [9.17, 15) is 0 Å². The molecule has 0 amide bonds. The lowest BCUT2D eigenvalue weighted by molar-refractivity contribution is 0.734. The zero-order chi connectivity index (χ0) is 12.3. The van der Waals surface area contributed by atoms with Crippen molar-refractivity contribution in [2.24, 2.45) is 0 Å². The van der Waals surface area contributed by atoms with E-state index in [4.69, 9.17) is 5.73 Å². The minimum atomic E-state index is 0.821. The van der Waals surface area contributed by atoms with Gasteiger partial charge in [0.15, 0.2) is 0 Å². The molecule has 1 heterocycles. The van der Waals surface area contributed by atoms with Crippen LogP contribution in [-0.2, 0) is 12.3 Å². The fraction of sp³-hybridized carbons (Fsp3) is 0.308. The molecule has 0 saturated carbocycles. The number of aryl methyl sites for hydroxylation is 2. The number of nitrogen functional groups attached to an aromatic ring is 1. The molecule has 0 atom stereocenters. The van der Waals surface area contributed by atoms with Gasteiger partial charge in [0.05, 0.1) is 6.33 Å². The summed E-state index contributed by atoms with van der Waals surface area (Å²) >= 11 is 1.81. The van der Waals surface area contributed by atoms with E-state index in [1.54, 1.807) is 0 Å². The Morgan fingerprint density at radius 2 is 2.24 bits per heavy atom. The number of benzene rings is 1. The van der Waals surface area contributed by atoms with Crippen LogP contribution in [0, 0.1) is 6.92 Å². The van der Waals surface area contributed by atoms with Crippen LogP contribution in [0.5, 0.6) is 0 Å². The minimum absolute atomic E-state index is 0.821. The Balaban J connectivity index is 2.09. The van der Waals surface area contributed by atoms with Gasteiger partial charge in [-0.25, -0.2) is 4.98 Å². The van der Waals surface area contributed by atoms with Crippen molar-refractivity contribution in [2.45, 2.75) is 31.0 Å². The number of nitrogens with two attached hydrogens (primary N) is 1. The second-order valence-electron chi connectivity index (χ2n) is 3.98. The lowest BCUT2D eigenvalue weighted by Crippen LogP contribution is -1.97. The molecular formula is C13H17N3S. The number of hydrogen-bond donors (Lipinski definition) is 1. The van der Waals surface area contributed by atoms with Gasteiger partial charge in [0.25, 0.3) is 0 Å². The Hall–Kier alpha value is -1.42. The van der Waals surface area contributed by atoms with E-state index in [1.165, 1.54) is 16.2 Å². The van der Waals surface area contributed by atoms with E-state index in [2.05, 4.69) is 29.5 Å². The fourth-order valence-electron chi connectivity index (χ4n) is 1.68. The summed E-state index contributed by atoms with van der Waals surface area (Å²) in [5.41, 5.74) is 9.14. The van der Waals surface area contributed by atoms with E-state index >= 15 is 0 Å². The highest BCUT2D eigenvalue weighted by Crippen LogP contribution is 2.27. The first-order valence-corrected chi connectivity index (χ1v) is 6.67. The summed E-state index contributed by atoms with van der Waals surface area (Å²) < 4.78 is 2.16. The molecule has 0 fully saturated rings. The van der Waals surface area contributed by atoms with Crippen LogP contribution in [0.3, 0.4) is 0 Å². The third-order valence-corrected chi connectivity index (χ3v) is 3.92. The number of thioether (sulfide) groups is 1. The van der Waals surface area contributed by atoms with Crippen molar-refractivity contribution >= 4 is 17.4 Å². The lowest BCUT2D eigenvalue weighted by Gasteiger charge is -2.08. The van der Waals surface area contributed by atoms with Crippen molar-refractivity contribution < 1.29 is 0 Å². The maximum atomic E-state index is 5.80. The van der Waals surface area contributed by atoms with Crippen molar-refractivity contribution in [2.75, 3.05) is 5.73 Å². The predicted molar refractivity (Wildman–Crippen MR) is 73.1 cm³/mol. The van der Waals surface area contributed by atoms with Crippen LogP contribution in [0.2, 0.25) is 0 Å². The summed E-state index contributed by atoms with van der Waals surface area (Å²) in [5.74, 6) is 0.929. The summed E-state index contributed by atoms with van der Waals surface area (Å²) in [6.45, 7) is 5.20. The summed E-state index contributed by atoms with van der Waals surface area (Å²) in [5, 5.41) is 0. The predicted octanol–water partition coefficient (Wildman–Crippen LogP) is 3.09. The van der Waals surface area contributed by atoms with Crippen LogP contribution in [0.1, 0.15) is 18.2 Å². The average Bonchev–Trinajstić information content (AvgIpc) is 2.77. The molecule has 2 N–H and O–H groups in total. The molecule has 0 aliphatic heterocycles.